The Morgan fingerprint density at radius 2 is 2.08 bits per heavy atom. The Morgan fingerprint density at radius 3 is 2.81 bits per heavy atom. The Kier molecular flexibility index (Phi) is 3.62. The minimum Gasteiger partial charge on any atom is -0.322 e. The maximum atomic E-state index is 12.7. The van der Waals surface area contributed by atoms with Gasteiger partial charge in [-0.05, 0) is 30.0 Å². The van der Waals surface area contributed by atoms with Crippen molar-refractivity contribution in [3.63, 3.8) is 0 Å². The van der Waals surface area contributed by atoms with Crippen molar-refractivity contribution in [2.75, 3.05) is 13.1 Å². The van der Waals surface area contributed by atoms with Gasteiger partial charge in [0.05, 0.1) is 0 Å². The number of nitrogens with one attached hydrogen (secondary N) is 2. The van der Waals surface area contributed by atoms with Crippen LogP contribution in [0.4, 0.5) is 0 Å². The van der Waals surface area contributed by atoms with E-state index < -0.39 is 6.04 Å². The Morgan fingerprint density at radius 1 is 1.19 bits per heavy atom. The number of carbonyl (C=O) groups excluding carboxylic acids is 3. The Labute approximate surface area is 151 Å². The van der Waals surface area contributed by atoms with Crippen LogP contribution >= 0.6 is 0 Å². The second-order valence-electron chi connectivity index (χ2n) is 7.82. The molecule has 2 N–H and O–H groups in total. The van der Waals surface area contributed by atoms with Crippen molar-refractivity contribution >= 4 is 17.7 Å². The molecule has 3 atom stereocenters. The van der Waals surface area contributed by atoms with Crippen molar-refractivity contribution in [1.82, 2.24) is 20.4 Å². The minimum atomic E-state index is -0.545. The molecule has 2 bridgehead atoms. The number of rotatable bonds is 3. The normalized spacial score (nSPS) is 30.8. The summed E-state index contributed by atoms with van der Waals surface area (Å²) in [6.45, 7) is 3.51. The van der Waals surface area contributed by atoms with E-state index >= 15 is 0 Å². The number of nitrogens with zero attached hydrogens (tertiary/aromatic N) is 2. The van der Waals surface area contributed by atoms with Gasteiger partial charge in [0.15, 0.2) is 0 Å². The predicted octanol–water partition coefficient (Wildman–Crippen LogP) is -0.00630. The van der Waals surface area contributed by atoms with Crippen LogP contribution in [-0.4, -0.2) is 58.7 Å². The molecule has 1 aromatic rings. The van der Waals surface area contributed by atoms with Crippen molar-refractivity contribution in [3.05, 3.63) is 34.9 Å². The van der Waals surface area contributed by atoms with Gasteiger partial charge in [-0.15, -0.1) is 0 Å². The zero-order valence-corrected chi connectivity index (χ0v) is 14.5. The molecule has 5 rings (SSSR count). The molecule has 0 radical (unpaired) electrons. The van der Waals surface area contributed by atoms with Crippen LogP contribution in [0.1, 0.15) is 40.7 Å². The van der Waals surface area contributed by atoms with E-state index in [1.54, 1.807) is 4.90 Å². The lowest BCUT2D eigenvalue weighted by molar-refractivity contribution is -0.136. The molecule has 1 aromatic carbocycles. The van der Waals surface area contributed by atoms with Crippen LogP contribution < -0.4 is 10.6 Å². The van der Waals surface area contributed by atoms with Gasteiger partial charge in [0.1, 0.15) is 6.04 Å². The molecule has 4 aliphatic heterocycles. The number of fused-ring (bicyclic) bond motifs is 3. The molecule has 0 aromatic heterocycles. The molecule has 1 unspecified atom stereocenters. The lowest BCUT2D eigenvalue weighted by atomic mass is 10.0. The van der Waals surface area contributed by atoms with Gasteiger partial charge in [0.25, 0.3) is 5.91 Å². The summed E-state index contributed by atoms with van der Waals surface area (Å²) in [5.41, 5.74) is 2.89. The Balaban J connectivity index is 1.32. The average molecular weight is 354 g/mol. The molecule has 26 heavy (non-hydrogen) atoms. The number of imide groups is 1. The van der Waals surface area contributed by atoms with Gasteiger partial charge in [0.2, 0.25) is 11.8 Å². The second kappa shape index (κ2) is 5.89. The number of amides is 3. The molecule has 7 heteroatoms. The standard InChI is InChI=1S/C19H22N4O3/c24-17-4-3-16(18(25)21-17)23-9-12-5-11(1-2-15(12)19(23)26)8-22-10-13-6-14(22)7-20-13/h1-2,5,13-14,16,20H,3-4,6-10H2,(H,21,24,25)/t13-,14-,16?/m0/s1. The van der Waals surface area contributed by atoms with Crippen LogP contribution in [0.15, 0.2) is 18.2 Å². The lowest BCUT2D eigenvalue weighted by Gasteiger charge is -2.29. The summed E-state index contributed by atoms with van der Waals surface area (Å²) in [5, 5.41) is 5.86. The van der Waals surface area contributed by atoms with E-state index in [1.165, 1.54) is 12.0 Å². The fourth-order valence-electron chi connectivity index (χ4n) is 4.80. The third kappa shape index (κ3) is 2.54. The molecule has 3 saturated heterocycles. The van der Waals surface area contributed by atoms with Gasteiger partial charge in [-0.1, -0.05) is 12.1 Å². The van der Waals surface area contributed by atoms with E-state index in [1.807, 2.05) is 12.1 Å². The summed E-state index contributed by atoms with van der Waals surface area (Å²) in [5.74, 6) is -0.721. The molecule has 3 amide bonds. The highest BCUT2D eigenvalue weighted by atomic mass is 16.2. The van der Waals surface area contributed by atoms with Crippen LogP contribution in [0.2, 0.25) is 0 Å². The predicted molar refractivity (Wildman–Crippen MR) is 93.1 cm³/mol. The average Bonchev–Trinajstić information content (AvgIpc) is 3.30. The van der Waals surface area contributed by atoms with Crippen LogP contribution in [0.25, 0.3) is 0 Å². The molecular formula is C19H22N4O3. The monoisotopic (exact) mass is 354 g/mol. The Bertz CT molecular complexity index is 808. The summed E-state index contributed by atoms with van der Waals surface area (Å²) in [4.78, 5) is 40.3. The van der Waals surface area contributed by atoms with E-state index in [2.05, 4.69) is 21.6 Å². The van der Waals surface area contributed by atoms with Crippen molar-refractivity contribution in [2.24, 2.45) is 0 Å². The van der Waals surface area contributed by atoms with E-state index in [-0.39, 0.29) is 24.1 Å². The van der Waals surface area contributed by atoms with Crippen molar-refractivity contribution in [1.29, 1.82) is 0 Å². The molecule has 4 aliphatic rings. The van der Waals surface area contributed by atoms with E-state index in [0.717, 1.165) is 25.2 Å². The van der Waals surface area contributed by atoms with Crippen molar-refractivity contribution < 1.29 is 14.4 Å². The number of benzene rings is 1. The highest BCUT2D eigenvalue weighted by Gasteiger charge is 2.40. The van der Waals surface area contributed by atoms with E-state index in [0.29, 0.717) is 30.6 Å². The van der Waals surface area contributed by atoms with Crippen molar-refractivity contribution in [2.45, 2.75) is 50.5 Å². The first-order valence-corrected chi connectivity index (χ1v) is 9.32. The summed E-state index contributed by atoms with van der Waals surface area (Å²) in [6, 6.07) is 6.74. The Hall–Kier alpha value is -2.25. The first kappa shape index (κ1) is 16.0. The van der Waals surface area contributed by atoms with Crippen molar-refractivity contribution in [3.8, 4) is 0 Å². The summed E-state index contributed by atoms with van der Waals surface area (Å²) in [7, 11) is 0. The number of piperazine rings is 1. The molecule has 136 valence electrons. The number of hydrogen-bond acceptors (Lipinski definition) is 5. The largest absolute Gasteiger partial charge is 0.322 e. The minimum absolute atomic E-state index is 0.106. The highest BCUT2D eigenvalue weighted by Crippen LogP contribution is 2.30. The maximum Gasteiger partial charge on any atom is 0.255 e. The number of likely N-dealkylation sites (tertiary alicyclic amines) is 1. The van der Waals surface area contributed by atoms with Gasteiger partial charge in [-0.2, -0.15) is 0 Å². The van der Waals surface area contributed by atoms with Gasteiger partial charge >= 0.3 is 0 Å². The zero-order chi connectivity index (χ0) is 17.8. The summed E-state index contributed by atoms with van der Waals surface area (Å²) >= 11 is 0. The first-order chi connectivity index (χ1) is 12.6. The van der Waals surface area contributed by atoms with Gasteiger partial charge < -0.3 is 10.2 Å². The van der Waals surface area contributed by atoms with Gasteiger partial charge in [-0.3, -0.25) is 24.6 Å². The smallest absolute Gasteiger partial charge is 0.255 e. The molecule has 0 spiro atoms. The first-order valence-electron chi connectivity index (χ1n) is 9.32. The van der Waals surface area contributed by atoms with E-state index in [9.17, 15) is 14.4 Å². The van der Waals surface area contributed by atoms with Crippen LogP contribution in [0.5, 0.6) is 0 Å². The van der Waals surface area contributed by atoms with Gasteiger partial charge in [0, 0.05) is 50.2 Å². The topological polar surface area (TPSA) is 81.8 Å². The fraction of sp³-hybridized carbons (Fsp3) is 0.526. The number of carbonyl (C=O) groups is 3. The molecule has 7 nitrogen and oxygen atoms in total. The maximum absolute atomic E-state index is 12.7. The highest BCUT2D eigenvalue weighted by molar-refractivity contribution is 6.05. The quantitative estimate of drug-likeness (QED) is 0.747. The number of piperidine rings is 1. The SMILES string of the molecule is O=C1CCC(N2Cc3cc(CN4C[C@@H]5C[C@H]4CN5)ccc3C2=O)C(=O)N1. The van der Waals surface area contributed by atoms with Crippen LogP contribution in [-0.2, 0) is 22.7 Å². The molecular weight excluding hydrogens is 332 g/mol. The van der Waals surface area contributed by atoms with E-state index in [4.69, 9.17) is 0 Å². The summed E-state index contributed by atoms with van der Waals surface area (Å²) in [6.07, 6.45) is 1.92. The third-order valence-electron chi connectivity index (χ3n) is 6.14. The number of hydrogen-bond donors (Lipinski definition) is 2. The molecule has 4 heterocycles. The lowest BCUT2D eigenvalue weighted by Crippen LogP contribution is -2.52. The van der Waals surface area contributed by atoms with Crippen LogP contribution in [0, 0.1) is 0 Å². The second-order valence-corrected chi connectivity index (χ2v) is 7.82. The molecule has 3 fully saturated rings. The van der Waals surface area contributed by atoms with Crippen LogP contribution in [0.3, 0.4) is 0 Å². The fourth-order valence-corrected chi connectivity index (χ4v) is 4.80. The third-order valence-corrected chi connectivity index (χ3v) is 6.14. The summed E-state index contributed by atoms with van der Waals surface area (Å²) < 4.78 is 0. The molecule has 0 aliphatic carbocycles. The molecule has 0 saturated carbocycles. The van der Waals surface area contributed by atoms with Gasteiger partial charge in [-0.25, -0.2) is 0 Å². The zero-order valence-electron chi connectivity index (χ0n) is 14.5.